The lowest BCUT2D eigenvalue weighted by atomic mass is 9.92. The molecule has 37 heavy (non-hydrogen) atoms. The Kier molecular flexibility index (Phi) is 8.32. The van der Waals surface area contributed by atoms with Gasteiger partial charge in [-0.2, -0.15) is 5.10 Å². The molecule has 3 aromatic rings. The third-order valence-electron chi connectivity index (χ3n) is 6.17. The summed E-state index contributed by atoms with van der Waals surface area (Å²) in [5, 5.41) is 7.72. The lowest BCUT2D eigenvalue weighted by molar-refractivity contribution is -0.112. The van der Waals surface area contributed by atoms with Crippen molar-refractivity contribution >= 4 is 29.1 Å². The first kappa shape index (κ1) is 26.9. The zero-order valence-corrected chi connectivity index (χ0v) is 22.5. The van der Waals surface area contributed by atoms with E-state index in [0.29, 0.717) is 18.2 Å². The van der Waals surface area contributed by atoms with Crippen LogP contribution in [0.15, 0.2) is 48.5 Å². The van der Waals surface area contributed by atoms with Crippen LogP contribution >= 0.6 is 11.6 Å². The molecule has 2 aromatic carbocycles. The molecule has 1 aliphatic rings. The van der Waals surface area contributed by atoms with E-state index in [9.17, 15) is 9.59 Å². The fraction of sp³-hybridized carbons (Fsp3) is 0.393. The van der Waals surface area contributed by atoms with Gasteiger partial charge < -0.3 is 14.8 Å². The fourth-order valence-corrected chi connectivity index (χ4v) is 4.13. The quantitative estimate of drug-likeness (QED) is 0.340. The maximum Gasteiger partial charge on any atom is 0.297 e. The third-order valence-corrected chi connectivity index (χ3v) is 6.46. The summed E-state index contributed by atoms with van der Waals surface area (Å²) in [4.78, 5) is 28.2. The van der Waals surface area contributed by atoms with Gasteiger partial charge in [-0.15, -0.1) is 0 Å². The van der Waals surface area contributed by atoms with Crippen molar-refractivity contribution in [1.29, 1.82) is 0 Å². The van der Waals surface area contributed by atoms with Crippen molar-refractivity contribution in [3.05, 3.63) is 70.4 Å². The van der Waals surface area contributed by atoms with Crippen molar-refractivity contribution in [2.24, 2.45) is 0 Å². The standard InChI is InChI=1S/C28H33ClN4O4/c1-19-5-8-21(9-6-19)33-25(18-24(31-33)28(2,3)4)30-27(35)26(34)20-7-10-23(22(29)17-20)37-16-13-32-11-14-36-15-12-32/h5-10,17-18H,11-16H2,1-4H3,(H,30,35). The second kappa shape index (κ2) is 11.5. The van der Waals surface area contributed by atoms with Gasteiger partial charge in [0, 0.05) is 36.7 Å². The number of rotatable bonds is 8. The molecule has 0 bridgehead atoms. The number of halogens is 1. The minimum atomic E-state index is -0.772. The molecule has 9 heteroatoms. The van der Waals surface area contributed by atoms with Crippen LogP contribution in [0.25, 0.3) is 5.69 Å². The molecule has 196 valence electrons. The molecule has 0 radical (unpaired) electrons. The Hall–Kier alpha value is -3.20. The van der Waals surface area contributed by atoms with Crippen molar-refractivity contribution in [3.63, 3.8) is 0 Å². The van der Waals surface area contributed by atoms with Crippen LogP contribution in [0.1, 0.15) is 42.4 Å². The highest BCUT2D eigenvalue weighted by Crippen LogP contribution is 2.28. The normalized spacial score (nSPS) is 14.4. The summed E-state index contributed by atoms with van der Waals surface area (Å²) in [6, 6.07) is 14.2. The number of ketones is 1. The molecule has 8 nitrogen and oxygen atoms in total. The number of aryl methyl sites for hydroxylation is 1. The van der Waals surface area contributed by atoms with Gasteiger partial charge in [-0.05, 0) is 37.3 Å². The highest BCUT2D eigenvalue weighted by atomic mass is 35.5. The van der Waals surface area contributed by atoms with Crippen LogP contribution in [0, 0.1) is 6.92 Å². The Morgan fingerprint density at radius 1 is 1.08 bits per heavy atom. The number of anilines is 1. The van der Waals surface area contributed by atoms with E-state index >= 15 is 0 Å². The molecule has 0 saturated carbocycles. The summed E-state index contributed by atoms with van der Waals surface area (Å²) in [6.45, 7) is 12.5. The first-order valence-electron chi connectivity index (χ1n) is 12.4. The molecule has 1 amide bonds. The van der Waals surface area contributed by atoms with E-state index in [2.05, 4.69) is 10.2 Å². The van der Waals surface area contributed by atoms with Crippen LogP contribution in [-0.4, -0.2) is 65.8 Å². The average molecular weight is 525 g/mol. The van der Waals surface area contributed by atoms with E-state index in [1.54, 1.807) is 22.9 Å². The number of ether oxygens (including phenoxy) is 2. The van der Waals surface area contributed by atoms with Crippen LogP contribution in [0.5, 0.6) is 5.75 Å². The number of carbonyl (C=O) groups is 2. The number of amides is 1. The van der Waals surface area contributed by atoms with Crippen molar-refractivity contribution in [2.75, 3.05) is 44.8 Å². The number of aromatic nitrogens is 2. The number of nitrogens with one attached hydrogen (secondary N) is 1. The second-order valence-electron chi connectivity index (χ2n) is 10.1. The molecular formula is C28H33ClN4O4. The molecule has 4 rings (SSSR count). The smallest absolute Gasteiger partial charge is 0.297 e. The molecule has 1 fully saturated rings. The molecule has 0 unspecified atom stereocenters. The lowest BCUT2D eigenvalue weighted by Gasteiger charge is -2.26. The van der Waals surface area contributed by atoms with Gasteiger partial charge in [0.05, 0.1) is 29.6 Å². The summed E-state index contributed by atoms with van der Waals surface area (Å²) in [6.07, 6.45) is 0. The molecule has 2 heterocycles. The lowest BCUT2D eigenvalue weighted by Crippen LogP contribution is -2.38. The van der Waals surface area contributed by atoms with Crippen molar-refractivity contribution in [1.82, 2.24) is 14.7 Å². The summed E-state index contributed by atoms with van der Waals surface area (Å²) in [5.74, 6) is -0.582. The van der Waals surface area contributed by atoms with Crippen LogP contribution < -0.4 is 10.1 Å². The zero-order valence-electron chi connectivity index (χ0n) is 21.7. The monoisotopic (exact) mass is 524 g/mol. The van der Waals surface area contributed by atoms with Gasteiger partial charge in [0.1, 0.15) is 18.2 Å². The van der Waals surface area contributed by atoms with E-state index in [0.717, 1.165) is 49.8 Å². The Morgan fingerprint density at radius 3 is 2.43 bits per heavy atom. The molecular weight excluding hydrogens is 492 g/mol. The topological polar surface area (TPSA) is 85.7 Å². The second-order valence-corrected chi connectivity index (χ2v) is 10.6. The van der Waals surface area contributed by atoms with Gasteiger partial charge in [0.2, 0.25) is 0 Å². The van der Waals surface area contributed by atoms with Gasteiger partial charge >= 0.3 is 0 Å². The Morgan fingerprint density at radius 2 is 1.78 bits per heavy atom. The zero-order chi connectivity index (χ0) is 26.6. The number of morpholine rings is 1. The minimum absolute atomic E-state index is 0.181. The van der Waals surface area contributed by atoms with E-state index < -0.39 is 11.7 Å². The average Bonchev–Trinajstić information content (AvgIpc) is 3.30. The molecule has 1 aromatic heterocycles. The maximum absolute atomic E-state index is 13.0. The van der Waals surface area contributed by atoms with Gasteiger partial charge in [-0.3, -0.25) is 14.5 Å². The Balaban J connectivity index is 1.46. The van der Waals surface area contributed by atoms with Crippen LogP contribution in [0.4, 0.5) is 5.82 Å². The summed E-state index contributed by atoms with van der Waals surface area (Å²) in [7, 11) is 0. The number of carbonyl (C=O) groups excluding carboxylic acids is 2. The third kappa shape index (κ3) is 6.77. The van der Waals surface area contributed by atoms with Crippen LogP contribution in [0.3, 0.4) is 0 Å². The Labute approximate surface area is 222 Å². The molecule has 1 aliphatic heterocycles. The van der Waals surface area contributed by atoms with E-state index in [1.807, 2.05) is 52.0 Å². The summed E-state index contributed by atoms with van der Waals surface area (Å²) >= 11 is 6.37. The van der Waals surface area contributed by atoms with Gasteiger partial charge in [-0.25, -0.2) is 4.68 Å². The largest absolute Gasteiger partial charge is 0.491 e. The van der Waals surface area contributed by atoms with Crippen molar-refractivity contribution in [2.45, 2.75) is 33.1 Å². The molecule has 0 spiro atoms. The van der Waals surface area contributed by atoms with Gasteiger partial charge in [0.25, 0.3) is 11.7 Å². The predicted octanol–water partition coefficient (Wildman–Crippen LogP) is 4.66. The highest BCUT2D eigenvalue weighted by Gasteiger charge is 2.24. The van der Waals surface area contributed by atoms with E-state index in [1.165, 1.54) is 6.07 Å². The Bertz CT molecular complexity index is 1260. The van der Waals surface area contributed by atoms with E-state index in [4.69, 9.17) is 26.2 Å². The highest BCUT2D eigenvalue weighted by molar-refractivity contribution is 6.47. The van der Waals surface area contributed by atoms with E-state index in [-0.39, 0.29) is 16.0 Å². The van der Waals surface area contributed by atoms with Crippen LogP contribution in [-0.2, 0) is 14.9 Å². The SMILES string of the molecule is Cc1ccc(-n2nc(C(C)(C)C)cc2NC(=O)C(=O)c2ccc(OCCN3CCOCC3)c(Cl)c2)cc1. The van der Waals surface area contributed by atoms with Crippen molar-refractivity contribution in [3.8, 4) is 11.4 Å². The number of Topliss-reactive ketones (excluding diaryl/α,β-unsaturated/α-hetero) is 1. The van der Waals surface area contributed by atoms with Crippen molar-refractivity contribution < 1.29 is 19.1 Å². The fourth-order valence-electron chi connectivity index (χ4n) is 3.89. The first-order chi connectivity index (χ1) is 17.6. The molecule has 0 aliphatic carbocycles. The predicted molar refractivity (Wildman–Crippen MR) is 144 cm³/mol. The molecule has 1 saturated heterocycles. The number of hydrogen-bond acceptors (Lipinski definition) is 6. The molecule has 1 N–H and O–H groups in total. The van der Waals surface area contributed by atoms with Crippen LogP contribution in [0.2, 0.25) is 5.02 Å². The maximum atomic E-state index is 13.0. The number of nitrogens with zero attached hydrogens (tertiary/aromatic N) is 3. The van der Waals surface area contributed by atoms with Gasteiger partial charge in [0.15, 0.2) is 0 Å². The number of hydrogen-bond donors (Lipinski definition) is 1. The minimum Gasteiger partial charge on any atom is -0.491 e. The molecule has 0 atom stereocenters. The first-order valence-corrected chi connectivity index (χ1v) is 12.8. The number of benzene rings is 2. The summed E-state index contributed by atoms with van der Waals surface area (Å²) in [5.41, 5.74) is 2.62. The van der Waals surface area contributed by atoms with Gasteiger partial charge in [-0.1, -0.05) is 50.1 Å². The summed E-state index contributed by atoms with van der Waals surface area (Å²) < 4.78 is 12.8.